The van der Waals surface area contributed by atoms with Crippen LogP contribution in [0.4, 0.5) is 4.79 Å². The minimum absolute atomic E-state index is 0.0104. The highest BCUT2D eigenvalue weighted by Gasteiger charge is 2.27. The number of piperidine rings is 1. The summed E-state index contributed by atoms with van der Waals surface area (Å²) in [4.78, 5) is 19.0. The molecule has 1 saturated heterocycles. The molecule has 4 rings (SSSR count). The number of amides is 2. The molecule has 0 spiro atoms. The summed E-state index contributed by atoms with van der Waals surface area (Å²) in [6, 6.07) is 23.6. The number of likely N-dealkylation sites (tertiary alicyclic amines) is 1. The molecular formula is C24H25N3O2. The lowest BCUT2D eigenvalue weighted by atomic mass is 9.99. The van der Waals surface area contributed by atoms with E-state index in [4.69, 9.17) is 4.74 Å². The molecule has 0 unspecified atom stereocenters. The summed E-state index contributed by atoms with van der Waals surface area (Å²) < 4.78 is 6.05. The first-order chi connectivity index (χ1) is 14.3. The summed E-state index contributed by atoms with van der Waals surface area (Å²) >= 11 is 0. The van der Waals surface area contributed by atoms with Crippen LogP contribution in [0, 0.1) is 0 Å². The zero-order valence-corrected chi connectivity index (χ0v) is 16.3. The fourth-order valence-corrected chi connectivity index (χ4v) is 3.69. The molecule has 1 atom stereocenters. The van der Waals surface area contributed by atoms with Crippen molar-refractivity contribution < 1.29 is 9.53 Å². The van der Waals surface area contributed by atoms with Crippen molar-refractivity contribution >= 4 is 6.03 Å². The van der Waals surface area contributed by atoms with Crippen LogP contribution in [-0.2, 0) is 0 Å². The van der Waals surface area contributed by atoms with Gasteiger partial charge in [0.05, 0.1) is 12.6 Å². The molecule has 148 valence electrons. The maximum Gasteiger partial charge on any atom is 0.318 e. The predicted molar refractivity (Wildman–Crippen MR) is 113 cm³/mol. The monoisotopic (exact) mass is 387 g/mol. The molecule has 2 heterocycles. The molecule has 5 heteroatoms. The van der Waals surface area contributed by atoms with E-state index >= 15 is 0 Å². The smallest absolute Gasteiger partial charge is 0.318 e. The van der Waals surface area contributed by atoms with Gasteiger partial charge >= 0.3 is 6.03 Å². The number of ether oxygens (including phenoxy) is 1. The second kappa shape index (κ2) is 9.24. The molecular weight excluding hydrogens is 362 g/mol. The van der Waals surface area contributed by atoms with E-state index in [9.17, 15) is 4.79 Å². The maximum absolute atomic E-state index is 13.1. The normalized spacial score (nSPS) is 16.4. The maximum atomic E-state index is 13.1. The number of carbonyl (C=O) groups excluding carboxylic acids is 1. The van der Waals surface area contributed by atoms with Gasteiger partial charge in [-0.3, -0.25) is 4.98 Å². The van der Waals surface area contributed by atoms with Gasteiger partial charge in [-0.25, -0.2) is 4.79 Å². The Balaban J connectivity index is 1.46. The summed E-state index contributed by atoms with van der Waals surface area (Å²) in [5.74, 6) is 0.790. The molecule has 0 radical (unpaired) electrons. The zero-order chi connectivity index (χ0) is 19.9. The fourth-order valence-electron chi connectivity index (χ4n) is 3.69. The van der Waals surface area contributed by atoms with Gasteiger partial charge in [-0.2, -0.15) is 0 Å². The average molecular weight is 387 g/mol. The highest BCUT2D eigenvalue weighted by molar-refractivity contribution is 5.75. The number of urea groups is 1. The van der Waals surface area contributed by atoms with Crippen LogP contribution in [-0.4, -0.2) is 35.1 Å². The summed E-state index contributed by atoms with van der Waals surface area (Å²) in [5.41, 5.74) is 2.13. The minimum Gasteiger partial charge on any atom is -0.488 e. The Bertz CT molecular complexity index is 864. The number of rotatable bonds is 5. The van der Waals surface area contributed by atoms with E-state index in [1.165, 1.54) is 0 Å². The Hall–Kier alpha value is -3.34. The Morgan fingerprint density at radius 2 is 1.59 bits per heavy atom. The van der Waals surface area contributed by atoms with E-state index < -0.39 is 0 Å². The summed E-state index contributed by atoms with van der Waals surface area (Å²) in [7, 11) is 0. The topological polar surface area (TPSA) is 54.5 Å². The number of nitrogens with zero attached hydrogens (tertiary/aromatic N) is 2. The molecule has 1 aliphatic rings. The molecule has 1 aliphatic heterocycles. The summed E-state index contributed by atoms with van der Waals surface area (Å²) in [6.45, 7) is 1.31. The van der Waals surface area contributed by atoms with Gasteiger partial charge in [-0.15, -0.1) is 0 Å². The van der Waals surface area contributed by atoms with Gasteiger partial charge in [0.15, 0.2) is 0 Å². The molecule has 0 saturated carbocycles. The van der Waals surface area contributed by atoms with Gasteiger partial charge < -0.3 is 15.0 Å². The molecule has 0 aliphatic carbocycles. The molecule has 3 aromatic rings. The van der Waals surface area contributed by atoms with Gasteiger partial charge in [0.25, 0.3) is 0 Å². The van der Waals surface area contributed by atoms with Crippen LogP contribution in [0.25, 0.3) is 0 Å². The second-order valence-corrected chi connectivity index (χ2v) is 7.21. The largest absolute Gasteiger partial charge is 0.488 e. The van der Waals surface area contributed by atoms with E-state index in [0.717, 1.165) is 36.3 Å². The molecule has 1 aromatic heterocycles. The average Bonchev–Trinajstić information content (AvgIpc) is 2.79. The molecule has 2 amide bonds. The second-order valence-electron chi connectivity index (χ2n) is 7.21. The van der Waals surface area contributed by atoms with Crippen LogP contribution in [0.3, 0.4) is 0 Å². The number of carbonyl (C=O) groups is 1. The van der Waals surface area contributed by atoms with Crippen molar-refractivity contribution in [3.8, 4) is 5.75 Å². The zero-order valence-electron chi connectivity index (χ0n) is 16.3. The van der Waals surface area contributed by atoms with E-state index in [-0.39, 0.29) is 18.2 Å². The first kappa shape index (κ1) is 19.0. The number of hydrogen-bond donors (Lipinski definition) is 1. The predicted octanol–water partition coefficient (Wildman–Crippen LogP) is 4.42. The van der Waals surface area contributed by atoms with Crippen LogP contribution in [0.2, 0.25) is 0 Å². The number of benzene rings is 2. The fraction of sp³-hybridized carbons (Fsp3) is 0.250. The number of aromatic nitrogens is 1. The van der Waals surface area contributed by atoms with Crippen molar-refractivity contribution in [2.75, 3.05) is 13.1 Å². The van der Waals surface area contributed by atoms with Crippen molar-refractivity contribution in [2.24, 2.45) is 0 Å². The van der Waals surface area contributed by atoms with Crippen LogP contribution in [0.1, 0.15) is 30.0 Å². The highest BCUT2D eigenvalue weighted by Crippen LogP contribution is 2.23. The van der Waals surface area contributed by atoms with E-state index in [2.05, 4.69) is 10.3 Å². The van der Waals surface area contributed by atoms with Crippen molar-refractivity contribution in [1.82, 2.24) is 15.2 Å². The number of nitrogens with one attached hydrogen (secondary N) is 1. The molecule has 1 fully saturated rings. The van der Waals surface area contributed by atoms with Gasteiger partial charge in [0, 0.05) is 18.9 Å². The lowest BCUT2D eigenvalue weighted by molar-refractivity contribution is 0.100. The standard InChI is InChI=1S/C24H25N3O2/c28-24(27-17-7-12-22(18-27)29-21-13-15-25-16-14-21)26-23(19-8-3-1-4-9-19)20-10-5-2-6-11-20/h1-6,8-11,13-16,22-23H,7,12,17-18H2,(H,26,28)/t22-/m0/s1. The number of pyridine rings is 1. The Morgan fingerprint density at radius 1 is 0.966 bits per heavy atom. The van der Waals surface area contributed by atoms with E-state index in [0.29, 0.717) is 6.54 Å². The molecule has 0 bridgehead atoms. The lowest BCUT2D eigenvalue weighted by Gasteiger charge is -2.34. The van der Waals surface area contributed by atoms with Crippen LogP contribution in [0.5, 0.6) is 5.75 Å². The third kappa shape index (κ3) is 4.93. The SMILES string of the molecule is O=C(NC(c1ccccc1)c1ccccc1)N1CCC[C@H](Oc2ccncc2)C1. The van der Waals surface area contributed by atoms with Gasteiger partial charge in [0.2, 0.25) is 0 Å². The van der Waals surface area contributed by atoms with Gasteiger partial charge in [0.1, 0.15) is 11.9 Å². The van der Waals surface area contributed by atoms with E-state index in [1.807, 2.05) is 77.7 Å². The summed E-state index contributed by atoms with van der Waals surface area (Å²) in [5, 5.41) is 3.23. The molecule has 1 N–H and O–H groups in total. The van der Waals surface area contributed by atoms with Gasteiger partial charge in [-0.05, 0) is 36.1 Å². The third-order valence-corrected chi connectivity index (χ3v) is 5.15. The molecule has 5 nitrogen and oxygen atoms in total. The Labute approximate surface area is 171 Å². The number of hydrogen-bond acceptors (Lipinski definition) is 3. The first-order valence-corrected chi connectivity index (χ1v) is 10.0. The summed E-state index contributed by atoms with van der Waals surface area (Å²) in [6.07, 6.45) is 5.28. The third-order valence-electron chi connectivity index (χ3n) is 5.15. The highest BCUT2D eigenvalue weighted by atomic mass is 16.5. The van der Waals surface area contributed by atoms with E-state index in [1.54, 1.807) is 12.4 Å². The lowest BCUT2D eigenvalue weighted by Crippen LogP contribution is -2.49. The van der Waals surface area contributed by atoms with Gasteiger partial charge in [-0.1, -0.05) is 60.7 Å². The first-order valence-electron chi connectivity index (χ1n) is 10.0. The minimum atomic E-state index is -0.189. The Kier molecular flexibility index (Phi) is 6.05. The van der Waals surface area contributed by atoms with Crippen LogP contribution >= 0.6 is 0 Å². The van der Waals surface area contributed by atoms with Crippen LogP contribution < -0.4 is 10.1 Å². The Morgan fingerprint density at radius 3 is 2.21 bits per heavy atom. The molecule has 29 heavy (non-hydrogen) atoms. The van der Waals surface area contributed by atoms with Crippen LogP contribution in [0.15, 0.2) is 85.2 Å². The van der Waals surface area contributed by atoms with Crippen molar-refractivity contribution in [3.63, 3.8) is 0 Å². The van der Waals surface area contributed by atoms with Crippen molar-refractivity contribution in [2.45, 2.75) is 25.0 Å². The van der Waals surface area contributed by atoms with Crippen molar-refractivity contribution in [3.05, 3.63) is 96.3 Å². The molecule has 2 aromatic carbocycles. The van der Waals surface area contributed by atoms with Crippen molar-refractivity contribution in [1.29, 1.82) is 0 Å². The quantitative estimate of drug-likeness (QED) is 0.705.